The summed E-state index contributed by atoms with van der Waals surface area (Å²) in [5, 5.41) is 0. The summed E-state index contributed by atoms with van der Waals surface area (Å²) in [4.78, 5) is 0.762. The Bertz CT molecular complexity index is 35.2. The molecule has 0 aromatic carbocycles. The summed E-state index contributed by atoms with van der Waals surface area (Å²) < 4.78 is 0. The van der Waals surface area contributed by atoms with Gasteiger partial charge in [-0.3, -0.25) is 0 Å². The zero-order chi connectivity index (χ0) is 5.70. The van der Waals surface area contributed by atoms with Crippen LogP contribution in [0.1, 0.15) is 33.1 Å². The average Bonchev–Trinajstić information content (AvgIpc) is 1.68. The number of hydrogen-bond acceptors (Lipinski definition) is 0. The fourth-order valence-corrected chi connectivity index (χ4v) is 0.975. The van der Waals surface area contributed by atoms with E-state index in [1.807, 2.05) is 0 Å². The first kappa shape index (κ1) is 7.48. The van der Waals surface area contributed by atoms with Gasteiger partial charge in [0.25, 0.3) is 0 Å². The third kappa shape index (κ3) is 4.33. The molecule has 0 fully saturated rings. The molecule has 0 aromatic heterocycles. The molecule has 7 heavy (non-hydrogen) atoms. The van der Waals surface area contributed by atoms with Crippen molar-refractivity contribution in [3.8, 4) is 0 Å². The first-order valence-electron chi connectivity index (χ1n) is 2.95. The van der Waals surface area contributed by atoms with Crippen molar-refractivity contribution in [2.45, 2.75) is 37.9 Å². The third-order valence-corrected chi connectivity index (χ3v) is 2.15. The van der Waals surface area contributed by atoms with Crippen LogP contribution in [-0.4, -0.2) is 4.83 Å². The van der Waals surface area contributed by atoms with E-state index >= 15 is 0 Å². The molecular weight excluding hydrogens is 152 g/mol. The zero-order valence-corrected chi connectivity index (χ0v) is 6.66. The fraction of sp³-hybridized carbons (Fsp3) is 1.00. The normalized spacial score (nSPS) is 14.1. The van der Waals surface area contributed by atoms with Crippen molar-refractivity contribution >= 4 is 15.9 Å². The highest BCUT2D eigenvalue weighted by Crippen LogP contribution is 2.10. The maximum Gasteiger partial charge on any atom is 0.0143 e. The van der Waals surface area contributed by atoms with Crippen molar-refractivity contribution in [3.05, 3.63) is 0 Å². The van der Waals surface area contributed by atoms with Gasteiger partial charge in [0.2, 0.25) is 0 Å². The monoisotopic (exact) mass is 164 g/mol. The molecule has 0 spiro atoms. The minimum atomic E-state index is 0.762. The van der Waals surface area contributed by atoms with Crippen molar-refractivity contribution < 1.29 is 0 Å². The molecule has 0 radical (unpaired) electrons. The molecule has 1 atom stereocenters. The Morgan fingerprint density at radius 3 is 2.14 bits per heavy atom. The quantitative estimate of drug-likeness (QED) is 0.564. The van der Waals surface area contributed by atoms with Gasteiger partial charge in [0.1, 0.15) is 0 Å². The molecule has 0 aromatic rings. The van der Waals surface area contributed by atoms with Crippen LogP contribution < -0.4 is 0 Å². The predicted octanol–water partition coefficient (Wildman–Crippen LogP) is 2.96. The van der Waals surface area contributed by atoms with E-state index in [0.717, 1.165) is 4.83 Å². The Morgan fingerprint density at radius 2 is 2.00 bits per heavy atom. The van der Waals surface area contributed by atoms with Crippen LogP contribution in [0.4, 0.5) is 0 Å². The second-order valence-corrected chi connectivity index (χ2v) is 3.09. The first-order chi connectivity index (χ1) is 3.31. The van der Waals surface area contributed by atoms with Crippen LogP contribution in [0.25, 0.3) is 0 Å². The van der Waals surface area contributed by atoms with Gasteiger partial charge in [0.15, 0.2) is 0 Å². The minimum absolute atomic E-state index is 0.762. The second-order valence-electron chi connectivity index (χ2n) is 1.79. The SMILES string of the molecule is CCC[C@H](Br)CC. The van der Waals surface area contributed by atoms with Gasteiger partial charge in [-0.15, -0.1) is 0 Å². The molecule has 0 aliphatic carbocycles. The van der Waals surface area contributed by atoms with Gasteiger partial charge in [0, 0.05) is 4.83 Å². The fourth-order valence-electron chi connectivity index (χ4n) is 0.517. The van der Waals surface area contributed by atoms with Crippen molar-refractivity contribution in [1.29, 1.82) is 0 Å². The summed E-state index contributed by atoms with van der Waals surface area (Å²) in [6.07, 6.45) is 3.87. The predicted molar refractivity (Wildman–Crippen MR) is 37.9 cm³/mol. The minimum Gasteiger partial charge on any atom is -0.0891 e. The Morgan fingerprint density at radius 1 is 1.43 bits per heavy atom. The standard InChI is InChI=1S/C6H13Br/c1-3-5-6(7)4-2/h6H,3-5H2,1-2H3/t6-/m1/s1. The highest BCUT2D eigenvalue weighted by molar-refractivity contribution is 9.09. The number of alkyl halides is 1. The van der Waals surface area contributed by atoms with Gasteiger partial charge in [-0.2, -0.15) is 0 Å². The molecule has 0 aliphatic heterocycles. The third-order valence-electron chi connectivity index (χ3n) is 1.04. The summed E-state index contributed by atoms with van der Waals surface area (Å²) >= 11 is 3.54. The molecule has 0 aliphatic rings. The van der Waals surface area contributed by atoms with Gasteiger partial charge in [-0.05, 0) is 12.8 Å². The lowest BCUT2D eigenvalue weighted by Crippen LogP contribution is -1.91. The van der Waals surface area contributed by atoms with Gasteiger partial charge in [0.05, 0.1) is 0 Å². The van der Waals surface area contributed by atoms with E-state index in [4.69, 9.17) is 0 Å². The lowest BCUT2D eigenvalue weighted by atomic mass is 10.2. The Labute approximate surface area is 54.4 Å². The topological polar surface area (TPSA) is 0 Å². The highest BCUT2D eigenvalue weighted by Gasteiger charge is 1.94. The van der Waals surface area contributed by atoms with Crippen molar-refractivity contribution in [3.63, 3.8) is 0 Å². The summed E-state index contributed by atoms with van der Waals surface area (Å²) in [5.74, 6) is 0. The smallest absolute Gasteiger partial charge is 0.0143 e. The van der Waals surface area contributed by atoms with E-state index in [9.17, 15) is 0 Å². The lowest BCUT2D eigenvalue weighted by Gasteiger charge is -2.00. The van der Waals surface area contributed by atoms with Gasteiger partial charge < -0.3 is 0 Å². The van der Waals surface area contributed by atoms with E-state index in [1.54, 1.807) is 0 Å². The summed E-state index contributed by atoms with van der Waals surface area (Å²) in [6, 6.07) is 0. The van der Waals surface area contributed by atoms with E-state index in [2.05, 4.69) is 29.8 Å². The molecule has 0 bridgehead atoms. The van der Waals surface area contributed by atoms with Crippen LogP contribution in [0.3, 0.4) is 0 Å². The van der Waals surface area contributed by atoms with Crippen LogP contribution in [0.2, 0.25) is 0 Å². The molecule has 0 rings (SSSR count). The van der Waals surface area contributed by atoms with Crippen LogP contribution in [0, 0.1) is 0 Å². The summed E-state index contributed by atoms with van der Waals surface area (Å²) in [7, 11) is 0. The van der Waals surface area contributed by atoms with Crippen LogP contribution in [0.15, 0.2) is 0 Å². The van der Waals surface area contributed by atoms with Gasteiger partial charge >= 0.3 is 0 Å². The zero-order valence-electron chi connectivity index (χ0n) is 5.08. The lowest BCUT2D eigenvalue weighted by molar-refractivity contribution is 0.730. The largest absolute Gasteiger partial charge is 0.0891 e. The van der Waals surface area contributed by atoms with Crippen LogP contribution in [-0.2, 0) is 0 Å². The average molecular weight is 165 g/mol. The van der Waals surface area contributed by atoms with Crippen LogP contribution in [0.5, 0.6) is 0 Å². The van der Waals surface area contributed by atoms with Gasteiger partial charge in [-0.1, -0.05) is 36.2 Å². The molecule has 44 valence electrons. The second kappa shape index (κ2) is 4.63. The molecule has 0 saturated heterocycles. The Hall–Kier alpha value is 0.480. The molecule has 0 N–H and O–H groups in total. The molecule has 0 heterocycles. The van der Waals surface area contributed by atoms with Crippen molar-refractivity contribution in [1.82, 2.24) is 0 Å². The maximum absolute atomic E-state index is 3.54. The number of halogens is 1. The van der Waals surface area contributed by atoms with Crippen molar-refractivity contribution in [2.24, 2.45) is 0 Å². The molecule has 0 saturated carbocycles. The number of hydrogen-bond donors (Lipinski definition) is 0. The van der Waals surface area contributed by atoms with E-state index < -0.39 is 0 Å². The number of rotatable bonds is 3. The molecule has 1 heteroatoms. The first-order valence-corrected chi connectivity index (χ1v) is 3.86. The molecule has 0 amide bonds. The molecular formula is C6H13Br. The summed E-state index contributed by atoms with van der Waals surface area (Å²) in [5.41, 5.74) is 0. The molecule has 0 unspecified atom stereocenters. The van der Waals surface area contributed by atoms with Crippen LogP contribution >= 0.6 is 15.9 Å². The van der Waals surface area contributed by atoms with E-state index in [1.165, 1.54) is 19.3 Å². The van der Waals surface area contributed by atoms with E-state index in [0.29, 0.717) is 0 Å². The van der Waals surface area contributed by atoms with Crippen molar-refractivity contribution in [2.75, 3.05) is 0 Å². The summed E-state index contributed by atoms with van der Waals surface area (Å²) in [6.45, 7) is 4.42. The Kier molecular flexibility index (Phi) is 4.95. The highest BCUT2D eigenvalue weighted by atomic mass is 79.9. The molecule has 0 nitrogen and oxygen atoms in total. The maximum atomic E-state index is 3.54. The van der Waals surface area contributed by atoms with E-state index in [-0.39, 0.29) is 0 Å². The Balaban J connectivity index is 2.83. The van der Waals surface area contributed by atoms with Gasteiger partial charge in [-0.25, -0.2) is 0 Å².